The van der Waals surface area contributed by atoms with Gasteiger partial charge in [0.05, 0.1) is 23.0 Å². The maximum absolute atomic E-state index is 12.6. The summed E-state index contributed by atoms with van der Waals surface area (Å²) in [6.45, 7) is 0. The van der Waals surface area contributed by atoms with E-state index in [-0.39, 0.29) is 11.8 Å². The number of halogens is 1. The molecule has 0 saturated heterocycles. The molecule has 1 amide bonds. The summed E-state index contributed by atoms with van der Waals surface area (Å²) in [7, 11) is 0. The Morgan fingerprint density at radius 2 is 1.77 bits per heavy atom. The standard InChI is InChI=1S/C21H26ClN3O/c22-15-10-12-16(13-11-15)25-20(17-8-4-5-9-18(17)24-25)19(21(23)26)14-6-2-1-3-7-14/h10-14,19H,1-9H2,(H2,23,26). The summed E-state index contributed by atoms with van der Waals surface area (Å²) >= 11 is 6.07. The highest BCUT2D eigenvalue weighted by atomic mass is 35.5. The summed E-state index contributed by atoms with van der Waals surface area (Å²) in [5.41, 5.74) is 10.4. The Morgan fingerprint density at radius 1 is 1.08 bits per heavy atom. The van der Waals surface area contributed by atoms with Crippen molar-refractivity contribution in [2.75, 3.05) is 0 Å². The van der Waals surface area contributed by atoms with Crippen LogP contribution in [-0.4, -0.2) is 15.7 Å². The largest absolute Gasteiger partial charge is 0.369 e. The van der Waals surface area contributed by atoms with Gasteiger partial charge in [-0.25, -0.2) is 4.68 Å². The molecule has 2 aliphatic carbocycles. The van der Waals surface area contributed by atoms with Gasteiger partial charge in [0.1, 0.15) is 0 Å². The predicted molar refractivity (Wildman–Crippen MR) is 104 cm³/mol. The second kappa shape index (κ2) is 7.43. The van der Waals surface area contributed by atoms with E-state index in [1.54, 1.807) is 0 Å². The topological polar surface area (TPSA) is 60.9 Å². The fourth-order valence-corrected chi connectivity index (χ4v) is 4.86. The van der Waals surface area contributed by atoms with Crippen molar-refractivity contribution in [3.05, 3.63) is 46.2 Å². The van der Waals surface area contributed by atoms with Crippen LogP contribution in [0.2, 0.25) is 5.02 Å². The zero-order valence-corrected chi connectivity index (χ0v) is 15.8. The Balaban J connectivity index is 1.85. The van der Waals surface area contributed by atoms with E-state index >= 15 is 0 Å². The van der Waals surface area contributed by atoms with E-state index in [2.05, 4.69) is 0 Å². The quantitative estimate of drug-likeness (QED) is 0.856. The van der Waals surface area contributed by atoms with Gasteiger partial charge in [0.2, 0.25) is 5.91 Å². The number of carbonyl (C=O) groups excluding carboxylic acids is 1. The first-order valence-corrected chi connectivity index (χ1v) is 10.2. The SMILES string of the molecule is NC(=O)C(c1c2c(nn1-c1ccc(Cl)cc1)CCCC2)C1CCCCC1. The van der Waals surface area contributed by atoms with Gasteiger partial charge in [0.25, 0.3) is 0 Å². The number of aryl methyl sites for hydroxylation is 1. The number of carbonyl (C=O) groups is 1. The molecule has 2 N–H and O–H groups in total. The number of nitrogens with two attached hydrogens (primary N) is 1. The molecule has 4 rings (SSSR count). The lowest BCUT2D eigenvalue weighted by atomic mass is 9.76. The molecule has 1 fully saturated rings. The molecule has 0 radical (unpaired) electrons. The number of primary amides is 1. The maximum Gasteiger partial charge on any atom is 0.226 e. The first kappa shape index (κ1) is 17.6. The molecule has 5 heteroatoms. The lowest BCUT2D eigenvalue weighted by molar-refractivity contribution is -0.121. The van der Waals surface area contributed by atoms with Gasteiger partial charge in [-0.15, -0.1) is 0 Å². The van der Waals surface area contributed by atoms with Crippen molar-refractivity contribution in [2.45, 2.75) is 63.7 Å². The molecule has 26 heavy (non-hydrogen) atoms. The van der Waals surface area contributed by atoms with E-state index < -0.39 is 0 Å². The van der Waals surface area contributed by atoms with Gasteiger partial charge in [-0.1, -0.05) is 30.9 Å². The minimum absolute atomic E-state index is 0.208. The van der Waals surface area contributed by atoms with Gasteiger partial charge in [0, 0.05) is 5.02 Å². The number of hydrogen-bond donors (Lipinski definition) is 1. The summed E-state index contributed by atoms with van der Waals surface area (Å²) < 4.78 is 1.98. The van der Waals surface area contributed by atoms with E-state index in [4.69, 9.17) is 22.4 Å². The zero-order valence-electron chi connectivity index (χ0n) is 15.1. The third-order valence-electron chi connectivity index (χ3n) is 5.99. The predicted octanol–water partition coefficient (Wildman–Crippen LogP) is 4.55. The first-order valence-electron chi connectivity index (χ1n) is 9.81. The number of fused-ring (bicyclic) bond motifs is 1. The lowest BCUT2D eigenvalue weighted by Gasteiger charge is -2.29. The Bertz CT molecular complexity index is 790. The molecule has 1 aromatic heterocycles. The normalized spacial score (nSPS) is 19.1. The van der Waals surface area contributed by atoms with Crippen LogP contribution in [0.25, 0.3) is 5.69 Å². The summed E-state index contributed by atoms with van der Waals surface area (Å²) in [4.78, 5) is 12.6. The number of rotatable bonds is 4. The minimum Gasteiger partial charge on any atom is -0.369 e. The van der Waals surface area contributed by atoms with Crippen molar-refractivity contribution >= 4 is 17.5 Å². The Labute approximate surface area is 159 Å². The van der Waals surface area contributed by atoms with Gasteiger partial charge >= 0.3 is 0 Å². The molecule has 0 aliphatic heterocycles. The third-order valence-corrected chi connectivity index (χ3v) is 6.24. The van der Waals surface area contributed by atoms with Gasteiger partial charge in [-0.3, -0.25) is 4.79 Å². The zero-order chi connectivity index (χ0) is 18.1. The molecule has 0 bridgehead atoms. The molecule has 2 aliphatic rings. The van der Waals surface area contributed by atoms with Gasteiger partial charge < -0.3 is 5.73 Å². The third kappa shape index (κ3) is 3.27. The summed E-state index contributed by atoms with van der Waals surface area (Å²) in [5, 5.41) is 5.61. The smallest absolute Gasteiger partial charge is 0.226 e. The first-order chi connectivity index (χ1) is 12.6. The molecule has 2 aromatic rings. The molecular weight excluding hydrogens is 346 g/mol. The molecule has 1 saturated carbocycles. The molecule has 1 unspecified atom stereocenters. The van der Waals surface area contributed by atoms with Crippen LogP contribution in [0.5, 0.6) is 0 Å². The molecule has 1 atom stereocenters. The van der Waals surface area contributed by atoms with Crippen LogP contribution < -0.4 is 5.73 Å². The number of aromatic nitrogens is 2. The second-order valence-electron chi connectivity index (χ2n) is 7.68. The average molecular weight is 372 g/mol. The monoisotopic (exact) mass is 371 g/mol. The van der Waals surface area contributed by atoms with Crippen molar-refractivity contribution in [2.24, 2.45) is 11.7 Å². The maximum atomic E-state index is 12.6. The van der Waals surface area contributed by atoms with Crippen LogP contribution >= 0.6 is 11.6 Å². The van der Waals surface area contributed by atoms with Crippen molar-refractivity contribution in [1.82, 2.24) is 9.78 Å². The Hall–Kier alpha value is -1.81. The van der Waals surface area contributed by atoms with Crippen LogP contribution in [-0.2, 0) is 17.6 Å². The minimum atomic E-state index is -0.250. The van der Waals surface area contributed by atoms with Crippen LogP contribution in [0, 0.1) is 5.92 Å². The molecule has 1 heterocycles. The summed E-state index contributed by atoms with van der Waals surface area (Å²) in [5.74, 6) is -0.129. The van der Waals surface area contributed by atoms with E-state index in [9.17, 15) is 4.79 Å². The van der Waals surface area contributed by atoms with Gasteiger partial charge in [0.15, 0.2) is 0 Å². The highest BCUT2D eigenvalue weighted by Gasteiger charge is 2.36. The summed E-state index contributed by atoms with van der Waals surface area (Å²) in [6, 6.07) is 7.70. The second-order valence-corrected chi connectivity index (χ2v) is 8.12. The fourth-order valence-electron chi connectivity index (χ4n) is 4.73. The molecule has 138 valence electrons. The van der Waals surface area contributed by atoms with E-state index in [1.165, 1.54) is 24.8 Å². The van der Waals surface area contributed by atoms with Gasteiger partial charge in [-0.05, 0) is 74.3 Å². The van der Waals surface area contributed by atoms with Crippen molar-refractivity contribution in [3.8, 4) is 5.69 Å². The average Bonchev–Trinajstić information content (AvgIpc) is 3.03. The van der Waals surface area contributed by atoms with E-state index in [0.717, 1.165) is 55.6 Å². The van der Waals surface area contributed by atoms with Gasteiger partial charge in [-0.2, -0.15) is 5.10 Å². The number of nitrogens with zero attached hydrogens (tertiary/aromatic N) is 2. The number of benzene rings is 1. The van der Waals surface area contributed by atoms with Crippen molar-refractivity contribution in [1.29, 1.82) is 0 Å². The molecule has 4 nitrogen and oxygen atoms in total. The van der Waals surface area contributed by atoms with Crippen LogP contribution in [0.1, 0.15) is 67.8 Å². The van der Waals surface area contributed by atoms with E-state index in [0.29, 0.717) is 10.9 Å². The highest BCUT2D eigenvalue weighted by molar-refractivity contribution is 6.30. The van der Waals surface area contributed by atoms with Crippen LogP contribution in [0.4, 0.5) is 0 Å². The Morgan fingerprint density at radius 3 is 2.46 bits per heavy atom. The van der Waals surface area contributed by atoms with Crippen LogP contribution in [0.15, 0.2) is 24.3 Å². The lowest BCUT2D eigenvalue weighted by Crippen LogP contribution is -2.32. The Kier molecular flexibility index (Phi) is 5.03. The highest BCUT2D eigenvalue weighted by Crippen LogP contribution is 2.40. The summed E-state index contributed by atoms with van der Waals surface area (Å²) in [6.07, 6.45) is 10.1. The van der Waals surface area contributed by atoms with Crippen LogP contribution in [0.3, 0.4) is 0 Å². The number of amides is 1. The molecular formula is C21H26ClN3O. The van der Waals surface area contributed by atoms with Crippen molar-refractivity contribution in [3.63, 3.8) is 0 Å². The molecule has 1 aromatic carbocycles. The number of hydrogen-bond acceptors (Lipinski definition) is 2. The van der Waals surface area contributed by atoms with E-state index in [1.807, 2.05) is 28.9 Å². The molecule has 0 spiro atoms. The van der Waals surface area contributed by atoms with Crippen molar-refractivity contribution < 1.29 is 4.79 Å². The fraction of sp³-hybridized carbons (Fsp3) is 0.524.